The Labute approximate surface area is 130 Å². The minimum atomic E-state index is 0.256. The van der Waals surface area contributed by atoms with Gasteiger partial charge in [-0.05, 0) is 65.1 Å². The summed E-state index contributed by atoms with van der Waals surface area (Å²) in [5.41, 5.74) is 0.256. The summed E-state index contributed by atoms with van der Waals surface area (Å²) >= 11 is 0. The Morgan fingerprint density at radius 2 is 1.95 bits per heavy atom. The molecule has 0 aromatic rings. The van der Waals surface area contributed by atoms with E-state index in [-0.39, 0.29) is 5.60 Å². The zero-order chi connectivity index (χ0) is 14.5. The van der Waals surface area contributed by atoms with E-state index >= 15 is 0 Å². The summed E-state index contributed by atoms with van der Waals surface area (Å²) in [5, 5.41) is 3.34. The number of nitrogens with one attached hydrogen (secondary N) is 1. The summed E-state index contributed by atoms with van der Waals surface area (Å²) < 4.78 is 6.30. The molecule has 2 aliphatic heterocycles. The standard InChI is InChI=1S/C18H34N2O/c1-19-12-8-16-7-3-6-13-20(16)17-9-14-21-18(15-17)10-4-2-5-11-18/h16-17,19H,2-15H2,1H3. The van der Waals surface area contributed by atoms with E-state index in [9.17, 15) is 0 Å². The van der Waals surface area contributed by atoms with Gasteiger partial charge < -0.3 is 10.1 Å². The summed E-state index contributed by atoms with van der Waals surface area (Å²) in [5.74, 6) is 0. The molecule has 0 aromatic heterocycles. The molecule has 3 heteroatoms. The second-order valence-electron chi connectivity index (χ2n) is 7.52. The molecule has 1 spiro atoms. The molecule has 3 nitrogen and oxygen atoms in total. The van der Waals surface area contributed by atoms with E-state index in [4.69, 9.17) is 4.74 Å². The predicted molar refractivity (Wildman–Crippen MR) is 87.7 cm³/mol. The Balaban J connectivity index is 1.63. The molecule has 1 saturated carbocycles. The molecular weight excluding hydrogens is 260 g/mol. The lowest BCUT2D eigenvalue weighted by Gasteiger charge is -2.49. The summed E-state index contributed by atoms with van der Waals surface area (Å²) in [6, 6.07) is 1.61. The molecular formula is C18H34N2O. The number of hydrogen-bond donors (Lipinski definition) is 1. The van der Waals surface area contributed by atoms with Crippen molar-refractivity contribution >= 4 is 0 Å². The number of piperidine rings is 1. The Hall–Kier alpha value is -0.120. The van der Waals surface area contributed by atoms with Gasteiger partial charge in [0.15, 0.2) is 0 Å². The average Bonchev–Trinajstić information content (AvgIpc) is 2.54. The normalized spacial score (nSPS) is 34.1. The van der Waals surface area contributed by atoms with Gasteiger partial charge in [0.25, 0.3) is 0 Å². The molecule has 122 valence electrons. The second-order valence-corrected chi connectivity index (χ2v) is 7.52. The van der Waals surface area contributed by atoms with Crippen LogP contribution < -0.4 is 5.32 Å². The quantitative estimate of drug-likeness (QED) is 0.861. The van der Waals surface area contributed by atoms with Crippen molar-refractivity contribution in [1.29, 1.82) is 0 Å². The van der Waals surface area contributed by atoms with E-state index in [0.717, 1.165) is 25.2 Å². The van der Waals surface area contributed by atoms with Gasteiger partial charge in [-0.15, -0.1) is 0 Å². The van der Waals surface area contributed by atoms with Crippen LogP contribution in [0.1, 0.15) is 70.6 Å². The van der Waals surface area contributed by atoms with Crippen LogP contribution in [0, 0.1) is 0 Å². The molecule has 3 fully saturated rings. The van der Waals surface area contributed by atoms with Crippen LogP contribution >= 0.6 is 0 Å². The monoisotopic (exact) mass is 294 g/mol. The van der Waals surface area contributed by atoms with Gasteiger partial charge in [-0.25, -0.2) is 0 Å². The molecule has 0 aromatic carbocycles. The van der Waals surface area contributed by atoms with Crippen molar-refractivity contribution in [1.82, 2.24) is 10.2 Å². The molecule has 0 amide bonds. The van der Waals surface area contributed by atoms with Crippen molar-refractivity contribution in [3.8, 4) is 0 Å². The third kappa shape index (κ3) is 3.80. The van der Waals surface area contributed by atoms with E-state index in [1.165, 1.54) is 77.2 Å². The highest BCUT2D eigenvalue weighted by atomic mass is 16.5. The predicted octanol–water partition coefficient (Wildman–Crippen LogP) is 3.33. The van der Waals surface area contributed by atoms with Crippen molar-refractivity contribution in [2.75, 3.05) is 26.7 Å². The summed E-state index contributed by atoms with van der Waals surface area (Å²) in [4.78, 5) is 2.87. The summed E-state index contributed by atoms with van der Waals surface area (Å²) in [6.07, 6.45) is 15.0. The SMILES string of the molecule is CNCCC1CCCCN1C1CCOC2(CCCCC2)C1. The smallest absolute Gasteiger partial charge is 0.0697 e. The van der Waals surface area contributed by atoms with E-state index < -0.39 is 0 Å². The van der Waals surface area contributed by atoms with E-state index in [2.05, 4.69) is 17.3 Å². The van der Waals surface area contributed by atoms with Crippen molar-refractivity contribution in [3.05, 3.63) is 0 Å². The van der Waals surface area contributed by atoms with E-state index in [1.807, 2.05) is 0 Å². The molecule has 21 heavy (non-hydrogen) atoms. The summed E-state index contributed by atoms with van der Waals surface area (Å²) in [7, 11) is 2.08. The number of ether oxygens (including phenoxy) is 1. The first kappa shape index (κ1) is 15.8. The van der Waals surface area contributed by atoms with Crippen LogP contribution in [0.3, 0.4) is 0 Å². The lowest BCUT2D eigenvalue weighted by Crippen LogP contribution is -2.54. The molecule has 1 N–H and O–H groups in total. The lowest BCUT2D eigenvalue weighted by molar-refractivity contribution is -0.130. The second kappa shape index (κ2) is 7.43. The van der Waals surface area contributed by atoms with Gasteiger partial charge in [0, 0.05) is 18.7 Å². The molecule has 2 unspecified atom stereocenters. The van der Waals surface area contributed by atoms with Gasteiger partial charge in [-0.1, -0.05) is 25.7 Å². The largest absolute Gasteiger partial charge is 0.375 e. The number of rotatable bonds is 4. The molecule has 2 atom stereocenters. The maximum atomic E-state index is 6.30. The first-order chi connectivity index (χ1) is 10.3. The van der Waals surface area contributed by atoms with E-state index in [0.29, 0.717) is 0 Å². The highest BCUT2D eigenvalue weighted by Gasteiger charge is 2.41. The average molecular weight is 294 g/mol. The summed E-state index contributed by atoms with van der Waals surface area (Å²) in [6.45, 7) is 3.49. The van der Waals surface area contributed by atoms with E-state index in [1.54, 1.807) is 0 Å². The van der Waals surface area contributed by atoms with Crippen LogP contribution in [0.15, 0.2) is 0 Å². The third-order valence-electron chi connectivity index (χ3n) is 6.10. The highest BCUT2D eigenvalue weighted by molar-refractivity contribution is 4.95. The fourth-order valence-electron chi connectivity index (χ4n) is 4.95. The molecule has 2 saturated heterocycles. The Morgan fingerprint density at radius 3 is 2.76 bits per heavy atom. The van der Waals surface area contributed by atoms with Gasteiger partial charge >= 0.3 is 0 Å². The molecule has 3 rings (SSSR count). The van der Waals surface area contributed by atoms with Crippen molar-refractivity contribution in [2.24, 2.45) is 0 Å². The maximum Gasteiger partial charge on any atom is 0.0697 e. The van der Waals surface area contributed by atoms with Crippen LogP contribution in [0.5, 0.6) is 0 Å². The van der Waals surface area contributed by atoms with Gasteiger partial charge in [0.1, 0.15) is 0 Å². The van der Waals surface area contributed by atoms with Crippen LogP contribution in [-0.4, -0.2) is 49.3 Å². The van der Waals surface area contributed by atoms with Crippen LogP contribution in [0.2, 0.25) is 0 Å². The first-order valence-corrected chi connectivity index (χ1v) is 9.37. The lowest BCUT2D eigenvalue weighted by atomic mass is 9.77. The van der Waals surface area contributed by atoms with Gasteiger partial charge in [-0.3, -0.25) is 4.90 Å². The molecule has 3 aliphatic rings. The Bertz CT molecular complexity index is 309. The molecule has 0 radical (unpaired) electrons. The van der Waals surface area contributed by atoms with Crippen LogP contribution in [0.4, 0.5) is 0 Å². The van der Waals surface area contributed by atoms with Gasteiger partial charge in [0.2, 0.25) is 0 Å². The van der Waals surface area contributed by atoms with Gasteiger partial charge in [-0.2, -0.15) is 0 Å². The topological polar surface area (TPSA) is 24.5 Å². The van der Waals surface area contributed by atoms with Crippen molar-refractivity contribution in [2.45, 2.75) is 88.3 Å². The maximum absolute atomic E-state index is 6.30. The van der Waals surface area contributed by atoms with Crippen LogP contribution in [0.25, 0.3) is 0 Å². The fourth-order valence-corrected chi connectivity index (χ4v) is 4.95. The molecule has 0 bridgehead atoms. The Kier molecular flexibility index (Phi) is 5.58. The molecule has 2 heterocycles. The minimum absolute atomic E-state index is 0.256. The minimum Gasteiger partial charge on any atom is -0.375 e. The van der Waals surface area contributed by atoms with Crippen molar-refractivity contribution < 1.29 is 4.74 Å². The van der Waals surface area contributed by atoms with Crippen molar-refractivity contribution in [3.63, 3.8) is 0 Å². The zero-order valence-electron chi connectivity index (χ0n) is 13.9. The van der Waals surface area contributed by atoms with Crippen LogP contribution in [-0.2, 0) is 4.74 Å². The number of hydrogen-bond acceptors (Lipinski definition) is 3. The highest BCUT2D eigenvalue weighted by Crippen LogP contribution is 2.41. The number of likely N-dealkylation sites (tertiary alicyclic amines) is 1. The van der Waals surface area contributed by atoms with Gasteiger partial charge in [0.05, 0.1) is 5.60 Å². The zero-order valence-corrected chi connectivity index (χ0v) is 13.9. The third-order valence-corrected chi connectivity index (χ3v) is 6.10. The molecule has 1 aliphatic carbocycles. The fraction of sp³-hybridized carbons (Fsp3) is 1.00. The Morgan fingerprint density at radius 1 is 1.10 bits per heavy atom. The number of nitrogens with zero attached hydrogens (tertiary/aromatic N) is 1. The first-order valence-electron chi connectivity index (χ1n) is 9.37.